The monoisotopic (exact) mass is 306 g/mol. The fourth-order valence-electron chi connectivity index (χ4n) is 1.92. The van der Waals surface area contributed by atoms with Crippen molar-refractivity contribution in [1.82, 2.24) is 0 Å². The van der Waals surface area contributed by atoms with Crippen molar-refractivity contribution in [2.24, 2.45) is 5.41 Å². The highest BCUT2D eigenvalue weighted by Gasteiger charge is 2.28. The van der Waals surface area contributed by atoms with E-state index in [4.69, 9.17) is 5.11 Å². The maximum absolute atomic E-state index is 12.6. The number of rotatable bonds is 5. The third kappa shape index (κ3) is 5.20. The summed E-state index contributed by atoms with van der Waals surface area (Å²) in [6, 6.07) is 6.80. The Labute approximate surface area is 130 Å². The van der Waals surface area contributed by atoms with E-state index in [0.29, 0.717) is 11.4 Å². The van der Waals surface area contributed by atoms with Gasteiger partial charge in [-0.2, -0.15) is 0 Å². The summed E-state index contributed by atoms with van der Waals surface area (Å²) in [6.45, 7) is 6.81. The van der Waals surface area contributed by atoms with Crippen molar-refractivity contribution >= 4 is 29.2 Å². The van der Waals surface area contributed by atoms with Crippen LogP contribution in [0.1, 0.15) is 34.1 Å². The van der Waals surface area contributed by atoms with E-state index in [0.717, 1.165) is 0 Å². The minimum atomic E-state index is -0.968. The number of carbonyl (C=O) groups excluding carboxylic acids is 2. The van der Waals surface area contributed by atoms with Gasteiger partial charge in [0.15, 0.2) is 0 Å². The molecule has 6 heteroatoms. The number of anilines is 2. The molecule has 0 heterocycles. The molecule has 1 rings (SSSR count). The van der Waals surface area contributed by atoms with Gasteiger partial charge in [0.05, 0.1) is 6.42 Å². The van der Waals surface area contributed by atoms with E-state index in [-0.39, 0.29) is 24.8 Å². The van der Waals surface area contributed by atoms with Gasteiger partial charge in [-0.15, -0.1) is 0 Å². The average Bonchev–Trinajstić information content (AvgIpc) is 2.37. The predicted octanol–water partition coefficient (Wildman–Crippen LogP) is 2.50. The van der Waals surface area contributed by atoms with Gasteiger partial charge in [0.2, 0.25) is 11.8 Å². The number of hydrogen-bond acceptors (Lipinski definition) is 3. The number of hydrogen-bond donors (Lipinski definition) is 2. The maximum atomic E-state index is 12.6. The zero-order valence-electron chi connectivity index (χ0n) is 13.3. The van der Waals surface area contributed by atoms with Crippen molar-refractivity contribution in [3.63, 3.8) is 0 Å². The van der Waals surface area contributed by atoms with Gasteiger partial charge in [0.1, 0.15) is 0 Å². The second kappa shape index (κ2) is 7.06. The van der Waals surface area contributed by atoms with E-state index in [9.17, 15) is 14.4 Å². The number of aliphatic carboxylic acids is 1. The van der Waals surface area contributed by atoms with E-state index in [1.165, 1.54) is 11.8 Å². The van der Waals surface area contributed by atoms with E-state index in [2.05, 4.69) is 5.32 Å². The molecule has 0 unspecified atom stereocenters. The lowest BCUT2D eigenvalue weighted by atomic mass is 9.94. The van der Waals surface area contributed by atoms with Crippen LogP contribution in [-0.4, -0.2) is 29.4 Å². The summed E-state index contributed by atoms with van der Waals surface area (Å²) in [5.41, 5.74) is 0.488. The number of amides is 2. The molecule has 22 heavy (non-hydrogen) atoms. The topological polar surface area (TPSA) is 86.7 Å². The standard InChI is InChI=1S/C16H22N2O4/c1-11(19)17-12-6-5-7-13(10-12)18(9-8-14(20)21)15(22)16(2,3)4/h5-7,10H,8-9H2,1-4H3,(H,17,19)(H,20,21). The molecule has 2 amide bonds. The number of nitrogens with zero attached hydrogens (tertiary/aromatic N) is 1. The molecule has 1 aromatic carbocycles. The van der Waals surface area contributed by atoms with Crippen molar-refractivity contribution in [3.8, 4) is 0 Å². The molecule has 0 radical (unpaired) electrons. The molecule has 0 fully saturated rings. The van der Waals surface area contributed by atoms with Gasteiger partial charge >= 0.3 is 5.97 Å². The average molecular weight is 306 g/mol. The van der Waals surface area contributed by atoms with Crippen LogP contribution in [0.3, 0.4) is 0 Å². The minimum Gasteiger partial charge on any atom is -0.481 e. The Morgan fingerprint density at radius 1 is 1.23 bits per heavy atom. The number of carboxylic acid groups (broad SMARTS) is 1. The minimum absolute atomic E-state index is 0.0783. The summed E-state index contributed by atoms with van der Waals surface area (Å²) in [6.07, 6.45) is -0.147. The van der Waals surface area contributed by atoms with Gasteiger partial charge in [-0.3, -0.25) is 14.4 Å². The SMILES string of the molecule is CC(=O)Nc1cccc(N(CCC(=O)O)C(=O)C(C)(C)C)c1. The zero-order chi connectivity index (χ0) is 16.9. The molecule has 2 N–H and O–H groups in total. The summed E-state index contributed by atoms with van der Waals surface area (Å²) >= 11 is 0. The van der Waals surface area contributed by atoms with Gasteiger partial charge in [0.25, 0.3) is 0 Å². The normalized spacial score (nSPS) is 10.9. The van der Waals surface area contributed by atoms with Crippen LogP contribution in [-0.2, 0) is 14.4 Å². The highest BCUT2D eigenvalue weighted by molar-refractivity contribution is 5.98. The first-order chi connectivity index (χ1) is 10.1. The van der Waals surface area contributed by atoms with Crippen LogP contribution in [0.4, 0.5) is 11.4 Å². The highest BCUT2D eigenvalue weighted by atomic mass is 16.4. The summed E-state index contributed by atoms with van der Waals surface area (Å²) in [7, 11) is 0. The first-order valence-electron chi connectivity index (χ1n) is 7.02. The molecule has 120 valence electrons. The van der Waals surface area contributed by atoms with Crippen LogP contribution >= 0.6 is 0 Å². The van der Waals surface area contributed by atoms with Crippen LogP contribution in [0.5, 0.6) is 0 Å². The van der Waals surface area contributed by atoms with Crippen molar-refractivity contribution in [3.05, 3.63) is 24.3 Å². The predicted molar refractivity (Wildman–Crippen MR) is 84.8 cm³/mol. The Morgan fingerprint density at radius 3 is 2.36 bits per heavy atom. The van der Waals surface area contributed by atoms with Gasteiger partial charge in [-0.05, 0) is 18.2 Å². The van der Waals surface area contributed by atoms with Gasteiger partial charge < -0.3 is 15.3 Å². The maximum Gasteiger partial charge on any atom is 0.305 e. The Hall–Kier alpha value is -2.37. The molecule has 0 saturated heterocycles. The molecule has 0 spiro atoms. The number of nitrogens with one attached hydrogen (secondary N) is 1. The fraction of sp³-hybridized carbons (Fsp3) is 0.438. The largest absolute Gasteiger partial charge is 0.481 e. The zero-order valence-corrected chi connectivity index (χ0v) is 13.3. The number of carbonyl (C=O) groups is 3. The van der Waals surface area contributed by atoms with Crippen molar-refractivity contribution in [2.45, 2.75) is 34.1 Å². The molecular weight excluding hydrogens is 284 g/mol. The van der Waals surface area contributed by atoms with Gasteiger partial charge in [0, 0.05) is 30.3 Å². The quantitative estimate of drug-likeness (QED) is 0.875. The summed E-state index contributed by atoms with van der Waals surface area (Å²) in [4.78, 5) is 36.0. The lowest BCUT2D eigenvalue weighted by molar-refractivity contribution is -0.136. The molecule has 0 aromatic heterocycles. The molecule has 1 aromatic rings. The second-order valence-corrected chi connectivity index (χ2v) is 6.08. The van der Waals surface area contributed by atoms with Crippen molar-refractivity contribution < 1.29 is 19.5 Å². The third-order valence-electron chi connectivity index (χ3n) is 2.91. The molecule has 0 aliphatic carbocycles. The molecular formula is C16H22N2O4. The third-order valence-corrected chi connectivity index (χ3v) is 2.91. The van der Waals surface area contributed by atoms with Crippen molar-refractivity contribution in [1.29, 1.82) is 0 Å². The molecule has 6 nitrogen and oxygen atoms in total. The summed E-state index contributed by atoms with van der Waals surface area (Å²) in [5, 5.41) is 11.5. The van der Waals surface area contributed by atoms with E-state index in [1.54, 1.807) is 45.0 Å². The smallest absolute Gasteiger partial charge is 0.305 e. The lowest BCUT2D eigenvalue weighted by Crippen LogP contribution is -2.40. The van der Waals surface area contributed by atoms with Crippen LogP contribution in [0.25, 0.3) is 0 Å². The first kappa shape index (κ1) is 17.7. The molecule has 0 saturated carbocycles. The van der Waals surface area contributed by atoms with E-state index >= 15 is 0 Å². The Morgan fingerprint density at radius 2 is 1.86 bits per heavy atom. The Kier molecular flexibility index (Phi) is 5.68. The lowest BCUT2D eigenvalue weighted by Gasteiger charge is -2.29. The van der Waals surface area contributed by atoms with E-state index < -0.39 is 11.4 Å². The van der Waals surface area contributed by atoms with Crippen LogP contribution in [0.15, 0.2) is 24.3 Å². The molecule has 0 aliphatic rings. The Balaban J connectivity index is 3.12. The summed E-state index contributed by atoms with van der Waals surface area (Å²) < 4.78 is 0. The molecule has 0 atom stereocenters. The molecule has 0 bridgehead atoms. The van der Waals surface area contributed by atoms with Crippen LogP contribution in [0.2, 0.25) is 0 Å². The van der Waals surface area contributed by atoms with Gasteiger partial charge in [-0.25, -0.2) is 0 Å². The first-order valence-corrected chi connectivity index (χ1v) is 7.02. The van der Waals surface area contributed by atoms with Gasteiger partial charge in [-0.1, -0.05) is 26.8 Å². The van der Waals surface area contributed by atoms with Crippen molar-refractivity contribution in [2.75, 3.05) is 16.8 Å². The second-order valence-electron chi connectivity index (χ2n) is 6.08. The number of benzene rings is 1. The van der Waals surface area contributed by atoms with E-state index in [1.807, 2.05) is 0 Å². The Bertz CT molecular complexity index is 576. The highest BCUT2D eigenvalue weighted by Crippen LogP contribution is 2.25. The fourth-order valence-corrected chi connectivity index (χ4v) is 1.92. The van der Waals surface area contributed by atoms with Crippen LogP contribution in [0, 0.1) is 5.41 Å². The van der Waals surface area contributed by atoms with Crippen LogP contribution < -0.4 is 10.2 Å². The summed E-state index contributed by atoms with van der Waals surface area (Å²) in [5.74, 6) is -1.35. The molecule has 0 aliphatic heterocycles. The number of carboxylic acids is 1.